The number of hydrogen-bond donors (Lipinski definition) is 0. The van der Waals surface area contributed by atoms with Crippen molar-refractivity contribution in [2.45, 2.75) is 30.5 Å². The lowest BCUT2D eigenvalue weighted by molar-refractivity contribution is 0.251. The van der Waals surface area contributed by atoms with Crippen LogP contribution in [0.5, 0.6) is 0 Å². The number of alkyl halides is 2. The van der Waals surface area contributed by atoms with Gasteiger partial charge in [-0.05, 0) is 18.2 Å². The Kier molecular flexibility index (Phi) is 3.71. The molecular weight excluding hydrogens is 194 g/mol. The molecule has 1 aromatic heterocycles. The molecule has 0 aliphatic heterocycles. The van der Waals surface area contributed by atoms with Gasteiger partial charge in [0.1, 0.15) is 5.03 Å². The first-order valence-electron chi connectivity index (χ1n) is 4.10. The molecule has 5 heteroatoms. The Balaban J connectivity index is 2.81. The van der Waals surface area contributed by atoms with E-state index in [2.05, 4.69) is 5.10 Å². The minimum atomic E-state index is -2.37. The maximum absolute atomic E-state index is 12.1. The predicted molar refractivity (Wildman–Crippen MR) is 49.1 cm³/mol. The quantitative estimate of drug-likeness (QED) is 0.705. The number of hydrogen-bond acceptors (Lipinski definition) is 2. The molecule has 0 N–H and O–H groups in total. The van der Waals surface area contributed by atoms with Crippen LogP contribution in [0.25, 0.3) is 0 Å². The predicted octanol–water partition coefficient (Wildman–Crippen LogP) is 2.69. The molecule has 0 atom stereocenters. The highest BCUT2D eigenvalue weighted by Crippen LogP contribution is 2.28. The monoisotopic (exact) mass is 206 g/mol. The van der Waals surface area contributed by atoms with Crippen molar-refractivity contribution in [3.8, 4) is 0 Å². The van der Waals surface area contributed by atoms with E-state index in [9.17, 15) is 8.78 Å². The average molecular weight is 206 g/mol. The second kappa shape index (κ2) is 4.60. The van der Waals surface area contributed by atoms with E-state index in [1.54, 1.807) is 13.2 Å². The van der Waals surface area contributed by atoms with Crippen molar-refractivity contribution in [3.05, 3.63) is 11.8 Å². The summed E-state index contributed by atoms with van der Waals surface area (Å²) in [6, 6.07) is 0. The Morgan fingerprint density at radius 3 is 2.85 bits per heavy atom. The van der Waals surface area contributed by atoms with E-state index in [0.29, 0.717) is 16.8 Å². The summed E-state index contributed by atoms with van der Waals surface area (Å²) in [6.07, 6.45) is 3.42. The van der Waals surface area contributed by atoms with E-state index in [-0.39, 0.29) is 0 Å². The van der Waals surface area contributed by atoms with Gasteiger partial charge in [-0.15, -0.1) is 0 Å². The number of aromatic nitrogens is 2. The second-order valence-corrected chi connectivity index (χ2v) is 3.71. The van der Waals surface area contributed by atoms with Crippen molar-refractivity contribution in [1.82, 2.24) is 9.78 Å². The molecule has 0 saturated carbocycles. The van der Waals surface area contributed by atoms with E-state index in [0.717, 1.165) is 18.4 Å². The van der Waals surface area contributed by atoms with E-state index in [4.69, 9.17) is 0 Å². The number of thioether (sulfide) groups is 1. The summed E-state index contributed by atoms with van der Waals surface area (Å²) in [5, 5.41) is 4.53. The average Bonchev–Trinajstić information content (AvgIpc) is 2.36. The molecular formula is C8H12F2N2S. The molecule has 74 valence electrons. The van der Waals surface area contributed by atoms with Gasteiger partial charge in [-0.1, -0.05) is 13.3 Å². The zero-order valence-corrected chi connectivity index (χ0v) is 8.44. The molecule has 0 fully saturated rings. The second-order valence-electron chi connectivity index (χ2n) is 2.73. The van der Waals surface area contributed by atoms with Crippen molar-refractivity contribution in [1.29, 1.82) is 0 Å². The maximum atomic E-state index is 12.1. The largest absolute Gasteiger partial charge is 0.290 e. The van der Waals surface area contributed by atoms with Gasteiger partial charge in [0.15, 0.2) is 0 Å². The van der Waals surface area contributed by atoms with Crippen LogP contribution < -0.4 is 0 Å². The normalized spacial score (nSPS) is 11.2. The smallest absolute Gasteiger partial charge is 0.262 e. The number of aryl methyl sites for hydroxylation is 2. The SMILES string of the molecule is CCCc1cnn(C)c1SC(F)F. The van der Waals surface area contributed by atoms with Crippen molar-refractivity contribution in [3.63, 3.8) is 0 Å². The van der Waals surface area contributed by atoms with Crippen LogP contribution in [0, 0.1) is 0 Å². The third-order valence-corrected chi connectivity index (χ3v) is 2.60. The highest BCUT2D eigenvalue weighted by atomic mass is 32.2. The Morgan fingerprint density at radius 1 is 1.62 bits per heavy atom. The molecule has 0 saturated heterocycles. The summed E-state index contributed by atoms with van der Waals surface area (Å²) in [4.78, 5) is 0. The Morgan fingerprint density at radius 2 is 2.31 bits per heavy atom. The molecule has 0 aliphatic rings. The zero-order valence-electron chi connectivity index (χ0n) is 7.63. The fraction of sp³-hybridized carbons (Fsp3) is 0.625. The summed E-state index contributed by atoms with van der Waals surface area (Å²) in [5.41, 5.74) is 0.912. The molecule has 13 heavy (non-hydrogen) atoms. The Labute approximate surface area is 80.3 Å². The van der Waals surface area contributed by atoms with E-state index in [1.165, 1.54) is 4.68 Å². The molecule has 1 rings (SSSR count). The van der Waals surface area contributed by atoms with Crippen LogP contribution in [-0.2, 0) is 13.5 Å². The summed E-state index contributed by atoms with van der Waals surface area (Å²) in [6.45, 7) is 2.02. The molecule has 1 aromatic rings. The minimum absolute atomic E-state index is 0.565. The van der Waals surface area contributed by atoms with Crippen LogP contribution in [0.3, 0.4) is 0 Å². The zero-order chi connectivity index (χ0) is 9.84. The lowest BCUT2D eigenvalue weighted by Gasteiger charge is -2.03. The lowest BCUT2D eigenvalue weighted by Crippen LogP contribution is -1.96. The highest BCUT2D eigenvalue weighted by Gasteiger charge is 2.13. The number of rotatable bonds is 4. The molecule has 0 amide bonds. The van der Waals surface area contributed by atoms with Crippen LogP contribution in [0.1, 0.15) is 18.9 Å². The lowest BCUT2D eigenvalue weighted by atomic mass is 10.2. The third-order valence-electron chi connectivity index (χ3n) is 1.68. The van der Waals surface area contributed by atoms with Crippen LogP contribution in [0.15, 0.2) is 11.2 Å². The van der Waals surface area contributed by atoms with Crippen molar-refractivity contribution in [2.75, 3.05) is 0 Å². The van der Waals surface area contributed by atoms with Crippen molar-refractivity contribution >= 4 is 11.8 Å². The highest BCUT2D eigenvalue weighted by molar-refractivity contribution is 7.99. The van der Waals surface area contributed by atoms with E-state index < -0.39 is 5.76 Å². The fourth-order valence-electron chi connectivity index (χ4n) is 1.15. The maximum Gasteiger partial charge on any atom is 0.290 e. The van der Waals surface area contributed by atoms with Gasteiger partial charge in [0, 0.05) is 12.6 Å². The topological polar surface area (TPSA) is 17.8 Å². The Bertz CT molecular complexity index is 273. The molecule has 0 aliphatic carbocycles. The first-order valence-corrected chi connectivity index (χ1v) is 4.98. The molecule has 0 aromatic carbocycles. The standard InChI is InChI=1S/C8H12F2N2S/c1-3-4-6-5-11-12(2)7(6)13-8(9)10/h5,8H,3-4H2,1-2H3. The van der Waals surface area contributed by atoms with Gasteiger partial charge in [-0.2, -0.15) is 13.9 Å². The summed E-state index contributed by atoms with van der Waals surface area (Å²) >= 11 is 0.565. The molecule has 1 heterocycles. The van der Waals surface area contributed by atoms with E-state index in [1.807, 2.05) is 6.92 Å². The van der Waals surface area contributed by atoms with Crippen LogP contribution >= 0.6 is 11.8 Å². The van der Waals surface area contributed by atoms with Gasteiger partial charge in [-0.3, -0.25) is 4.68 Å². The van der Waals surface area contributed by atoms with Crippen molar-refractivity contribution in [2.24, 2.45) is 7.05 Å². The molecule has 2 nitrogen and oxygen atoms in total. The van der Waals surface area contributed by atoms with Gasteiger partial charge in [0.25, 0.3) is 5.76 Å². The summed E-state index contributed by atoms with van der Waals surface area (Å²) < 4.78 is 25.7. The van der Waals surface area contributed by atoms with Crippen LogP contribution in [0.2, 0.25) is 0 Å². The first-order chi connectivity index (χ1) is 6.15. The van der Waals surface area contributed by atoms with Crippen LogP contribution in [0.4, 0.5) is 8.78 Å². The minimum Gasteiger partial charge on any atom is -0.262 e. The molecule has 0 unspecified atom stereocenters. The first kappa shape index (κ1) is 10.5. The molecule has 0 bridgehead atoms. The van der Waals surface area contributed by atoms with Gasteiger partial charge < -0.3 is 0 Å². The number of nitrogens with zero attached hydrogens (tertiary/aromatic N) is 2. The van der Waals surface area contributed by atoms with E-state index >= 15 is 0 Å². The van der Waals surface area contributed by atoms with Gasteiger partial charge in [0.05, 0.1) is 6.20 Å². The van der Waals surface area contributed by atoms with Gasteiger partial charge in [0.2, 0.25) is 0 Å². The molecule has 0 radical (unpaired) electrons. The summed E-state index contributed by atoms with van der Waals surface area (Å²) in [7, 11) is 1.68. The van der Waals surface area contributed by atoms with Crippen molar-refractivity contribution < 1.29 is 8.78 Å². The number of halogens is 2. The summed E-state index contributed by atoms with van der Waals surface area (Å²) in [5.74, 6) is -2.37. The van der Waals surface area contributed by atoms with Crippen LogP contribution in [-0.4, -0.2) is 15.5 Å². The third kappa shape index (κ3) is 2.69. The van der Waals surface area contributed by atoms with Gasteiger partial charge in [-0.25, -0.2) is 0 Å². The Hall–Kier alpha value is -0.580. The van der Waals surface area contributed by atoms with Gasteiger partial charge >= 0.3 is 0 Å². The molecule has 0 spiro atoms. The fourth-order valence-corrected chi connectivity index (χ4v) is 1.82.